The van der Waals surface area contributed by atoms with Gasteiger partial charge in [0.25, 0.3) is 5.91 Å². The molecule has 2 rings (SSSR count). The molecule has 23 heavy (non-hydrogen) atoms. The quantitative estimate of drug-likeness (QED) is 0.896. The summed E-state index contributed by atoms with van der Waals surface area (Å²) in [4.78, 5) is 14.5. The lowest BCUT2D eigenvalue weighted by molar-refractivity contribution is 0.0944. The van der Waals surface area contributed by atoms with Gasteiger partial charge in [-0.2, -0.15) is 0 Å². The summed E-state index contributed by atoms with van der Waals surface area (Å²) in [5, 5.41) is 2.96. The fraction of sp³-hybridized carbons (Fsp3) is 0.353. The molecule has 1 N–H and O–H groups in total. The molecule has 6 heteroatoms. The van der Waals surface area contributed by atoms with Crippen molar-refractivity contribution in [3.8, 4) is 0 Å². The predicted octanol–water partition coefficient (Wildman–Crippen LogP) is 3.51. The molecule has 1 heterocycles. The number of amides is 1. The maximum absolute atomic E-state index is 12.3. The summed E-state index contributed by atoms with van der Waals surface area (Å²) in [5.74, 6) is -0.0995. The minimum Gasteiger partial charge on any atom is -0.345 e. The topological polar surface area (TPSA) is 63.2 Å². The third-order valence-corrected chi connectivity index (χ3v) is 6.23. The van der Waals surface area contributed by atoms with Gasteiger partial charge in [0, 0.05) is 11.1 Å². The second-order valence-electron chi connectivity index (χ2n) is 5.61. The minimum absolute atomic E-state index is 0.0995. The molecule has 0 saturated carbocycles. The van der Waals surface area contributed by atoms with Crippen LogP contribution in [0.3, 0.4) is 0 Å². The predicted molar refractivity (Wildman–Crippen MR) is 93.9 cm³/mol. The zero-order chi connectivity index (χ0) is 17.2. The number of benzene rings is 1. The number of nitrogens with one attached hydrogen (secondary N) is 1. The van der Waals surface area contributed by atoms with Crippen molar-refractivity contribution < 1.29 is 13.2 Å². The number of thiophene rings is 1. The second kappa shape index (κ2) is 6.84. The number of carbonyl (C=O) groups excluding carboxylic acids is 1. The molecule has 2 aromatic rings. The highest BCUT2D eigenvalue weighted by Crippen LogP contribution is 2.23. The van der Waals surface area contributed by atoms with E-state index in [4.69, 9.17) is 0 Å². The molecule has 1 aromatic heterocycles. The molecule has 0 aliphatic heterocycles. The highest BCUT2D eigenvalue weighted by Gasteiger charge is 2.15. The molecule has 1 atom stereocenters. The van der Waals surface area contributed by atoms with Crippen LogP contribution in [-0.2, 0) is 16.3 Å². The molecule has 0 aliphatic carbocycles. The number of carbonyl (C=O) groups is 1. The average molecular weight is 351 g/mol. The first-order chi connectivity index (χ1) is 10.7. The average Bonchev–Trinajstić information content (AvgIpc) is 2.87. The van der Waals surface area contributed by atoms with Crippen LogP contribution >= 0.6 is 11.3 Å². The molecule has 124 valence electrons. The highest BCUT2D eigenvalue weighted by molar-refractivity contribution is 7.90. The summed E-state index contributed by atoms with van der Waals surface area (Å²) in [6.07, 6.45) is 2.10. The smallest absolute Gasteiger partial charge is 0.261 e. The highest BCUT2D eigenvalue weighted by atomic mass is 32.2. The third kappa shape index (κ3) is 4.20. The van der Waals surface area contributed by atoms with Crippen molar-refractivity contribution >= 4 is 27.1 Å². The van der Waals surface area contributed by atoms with E-state index < -0.39 is 9.84 Å². The molecular weight excluding hydrogens is 330 g/mol. The normalized spacial score (nSPS) is 12.9. The van der Waals surface area contributed by atoms with Gasteiger partial charge >= 0.3 is 0 Å². The number of hydrogen-bond donors (Lipinski definition) is 1. The van der Waals surface area contributed by atoms with E-state index in [1.807, 2.05) is 19.9 Å². The summed E-state index contributed by atoms with van der Waals surface area (Å²) in [7, 11) is -3.20. The van der Waals surface area contributed by atoms with Crippen molar-refractivity contribution in [3.63, 3.8) is 0 Å². The van der Waals surface area contributed by atoms with Crippen LogP contribution in [0.1, 0.15) is 45.6 Å². The molecule has 0 aliphatic rings. The summed E-state index contributed by atoms with van der Waals surface area (Å²) in [6.45, 7) is 5.97. The molecular formula is C17H21NO3S2. The SMILES string of the molecule is CCc1sc(C(=O)N[C@@H](C)c2ccc(S(C)(=O)=O)cc2)cc1C. The van der Waals surface area contributed by atoms with E-state index in [1.54, 1.807) is 24.3 Å². The number of hydrogen-bond acceptors (Lipinski definition) is 4. The van der Waals surface area contributed by atoms with Gasteiger partial charge in [0.15, 0.2) is 9.84 Å². The van der Waals surface area contributed by atoms with Crippen molar-refractivity contribution in [1.82, 2.24) is 5.32 Å². The Labute approximate surface area is 141 Å². The van der Waals surface area contributed by atoms with Gasteiger partial charge in [-0.05, 0) is 49.6 Å². The Morgan fingerprint density at radius 2 is 1.87 bits per heavy atom. The Hall–Kier alpha value is -1.66. The maximum atomic E-state index is 12.3. The van der Waals surface area contributed by atoms with Gasteiger partial charge in [-0.25, -0.2) is 8.42 Å². The lowest BCUT2D eigenvalue weighted by Crippen LogP contribution is -2.25. The van der Waals surface area contributed by atoms with Gasteiger partial charge in [-0.3, -0.25) is 4.79 Å². The first-order valence-electron chi connectivity index (χ1n) is 7.42. The first-order valence-corrected chi connectivity index (χ1v) is 10.1. The van der Waals surface area contributed by atoms with Gasteiger partial charge in [-0.15, -0.1) is 11.3 Å². The molecule has 0 spiro atoms. The van der Waals surface area contributed by atoms with Gasteiger partial charge in [0.05, 0.1) is 15.8 Å². The fourth-order valence-corrected chi connectivity index (χ4v) is 3.99. The number of sulfone groups is 1. The molecule has 0 radical (unpaired) electrons. The summed E-state index contributed by atoms with van der Waals surface area (Å²) < 4.78 is 22.9. The van der Waals surface area contributed by atoms with Crippen LogP contribution in [-0.4, -0.2) is 20.6 Å². The Morgan fingerprint density at radius 1 is 1.26 bits per heavy atom. The largest absolute Gasteiger partial charge is 0.345 e. The summed E-state index contributed by atoms with van der Waals surface area (Å²) in [6, 6.07) is 8.33. The molecule has 1 aromatic carbocycles. The Balaban J connectivity index is 2.11. The Morgan fingerprint density at radius 3 is 2.35 bits per heavy atom. The van der Waals surface area contributed by atoms with Crippen LogP contribution in [0.2, 0.25) is 0 Å². The zero-order valence-corrected chi connectivity index (χ0v) is 15.3. The number of rotatable bonds is 5. The van der Waals surface area contributed by atoms with Crippen LogP contribution in [0, 0.1) is 6.92 Å². The van der Waals surface area contributed by atoms with Crippen LogP contribution < -0.4 is 5.32 Å². The molecule has 4 nitrogen and oxygen atoms in total. The van der Waals surface area contributed by atoms with Gasteiger partial charge < -0.3 is 5.32 Å². The van der Waals surface area contributed by atoms with Gasteiger partial charge in [0.2, 0.25) is 0 Å². The van der Waals surface area contributed by atoms with E-state index in [1.165, 1.54) is 22.5 Å². The van der Waals surface area contributed by atoms with E-state index in [0.29, 0.717) is 4.88 Å². The lowest BCUT2D eigenvalue weighted by atomic mass is 10.1. The van der Waals surface area contributed by atoms with Crippen molar-refractivity contribution in [1.29, 1.82) is 0 Å². The van der Waals surface area contributed by atoms with E-state index in [-0.39, 0.29) is 16.8 Å². The Kier molecular flexibility index (Phi) is 5.26. The van der Waals surface area contributed by atoms with Gasteiger partial charge in [0.1, 0.15) is 0 Å². The van der Waals surface area contributed by atoms with E-state index in [0.717, 1.165) is 17.5 Å². The van der Waals surface area contributed by atoms with Crippen LogP contribution in [0.15, 0.2) is 35.2 Å². The van der Waals surface area contributed by atoms with E-state index in [9.17, 15) is 13.2 Å². The monoisotopic (exact) mass is 351 g/mol. The van der Waals surface area contributed by atoms with E-state index in [2.05, 4.69) is 12.2 Å². The molecule has 0 bridgehead atoms. The summed E-state index contributed by atoms with van der Waals surface area (Å²) in [5.41, 5.74) is 2.02. The molecule has 0 saturated heterocycles. The van der Waals surface area contributed by atoms with Crippen molar-refractivity contribution in [3.05, 3.63) is 51.2 Å². The van der Waals surface area contributed by atoms with Crippen LogP contribution in [0.25, 0.3) is 0 Å². The molecule has 0 unspecified atom stereocenters. The Bertz CT molecular complexity index is 805. The first kappa shape index (κ1) is 17.7. The van der Waals surface area contributed by atoms with Crippen molar-refractivity contribution in [2.24, 2.45) is 0 Å². The standard InChI is InChI=1S/C17H21NO3S2/c1-5-15-11(2)10-16(22-15)17(19)18-12(3)13-6-8-14(9-7-13)23(4,20)21/h6-10,12H,5H2,1-4H3,(H,18,19)/t12-/m0/s1. The minimum atomic E-state index is -3.20. The van der Waals surface area contributed by atoms with Gasteiger partial charge in [-0.1, -0.05) is 19.1 Å². The number of aryl methyl sites for hydroxylation is 2. The zero-order valence-electron chi connectivity index (χ0n) is 13.7. The van der Waals surface area contributed by atoms with E-state index >= 15 is 0 Å². The van der Waals surface area contributed by atoms with Crippen LogP contribution in [0.5, 0.6) is 0 Å². The lowest BCUT2D eigenvalue weighted by Gasteiger charge is -2.14. The molecule has 0 fully saturated rings. The fourth-order valence-electron chi connectivity index (χ4n) is 2.34. The van der Waals surface area contributed by atoms with Crippen molar-refractivity contribution in [2.75, 3.05) is 6.26 Å². The van der Waals surface area contributed by atoms with Crippen LogP contribution in [0.4, 0.5) is 0 Å². The third-order valence-electron chi connectivity index (χ3n) is 3.72. The maximum Gasteiger partial charge on any atom is 0.261 e. The summed E-state index contributed by atoms with van der Waals surface area (Å²) >= 11 is 1.52. The second-order valence-corrected chi connectivity index (χ2v) is 8.76. The molecule has 1 amide bonds. The van der Waals surface area contributed by atoms with Crippen molar-refractivity contribution in [2.45, 2.75) is 38.1 Å².